The van der Waals surface area contributed by atoms with Crippen LogP contribution >= 0.6 is 0 Å². The Hall–Kier alpha value is -1.12. The molecule has 0 aromatic heterocycles. The molecule has 3 nitrogen and oxygen atoms in total. The van der Waals surface area contributed by atoms with Gasteiger partial charge in [-0.3, -0.25) is 9.59 Å². The maximum Gasteiger partial charge on any atom is 0.222 e. The summed E-state index contributed by atoms with van der Waals surface area (Å²) in [5.41, 5.74) is 0.902. The summed E-state index contributed by atoms with van der Waals surface area (Å²) in [6.45, 7) is 11.1. The van der Waals surface area contributed by atoms with Crippen molar-refractivity contribution in [3.05, 3.63) is 12.2 Å². The highest BCUT2D eigenvalue weighted by Gasteiger charge is 2.63. The molecule has 1 saturated heterocycles. The second kappa shape index (κ2) is 4.95. The minimum absolute atomic E-state index is 0.175. The van der Waals surface area contributed by atoms with E-state index in [0.29, 0.717) is 47.8 Å². The molecule has 4 fully saturated rings. The topological polar surface area (TPSA) is 37.4 Å². The third-order valence-electron chi connectivity index (χ3n) is 8.63. The first-order chi connectivity index (χ1) is 11.2. The van der Waals surface area contributed by atoms with E-state index in [1.54, 1.807) is 0 Å². The number of ketones is 1. The van der Waals surface area contributed by atoms with Crippen LogP contribution in [-0.4, -0.2) is 29.7 Å². The molecule has 4 aliphatic rings. The number of piperidine rings is 1. The van der Waals surface area contributed by atoms with E-state index in [4.69, 9.17) is 0 Å². The number of Topliss-reactive ketones (excluding diaryl/α,β-unsaturated/α-hetero) is 1. The Morgan fingerprint density at radius 2 is 1.88 bits per heavy atom. The molecule has 0 N–H and O–H groups in total. The number of carbonyl (C=O) groups is 2. The van der Waals surface area contributed by atoms with Crippen LogP contribution in [0.15, 0.2) is 12.2 Å². The van der Waals surface area contributed by atoms with Gasteiger partial charge in [0.2, 0.25) is 5.91 Å². The molecular formula is C21H31NO2. The van der Waals surface area contributed by atoms with E-state index in [0.717, 1.165) is 37.7 Å². The van der Waals surface area contributed by atoms with Gasteiger partial charge in [0, 0.05) is 24.9 Å². The molecule has 4 rings (SSSR count). The third kappa shape index (κ3) is 1.84. The number of amides is 1. The molecule has 3 heteroatoms. The average molecular weight is 329 g/mol. The fourth-order valence-electron chi connectivity index (χ4n) is 7.21. The minimum Gasteiger partial charge on any atom is -0.342 e. The maximum absolute atomic E-state index is 12.7. The first kappa shape index (κ1) is 16.4. The maximum atomic E-state index is 12.7. The SMILES string of the molecule is C=C1C[C@H]2[C@@H]3[C@@H](C)C[C@H]4N(C)C(=O)CC[C@]4(C)[C@H]3CC[C@]2(C)C1=O. The van der Waals surface area contributed by atoms with Crippen LogP contribution in [0.2, 0.25) is 0 Å². The van der Waals surface area contributed by atoms with Crippen molar-refractivity contribution in [2.75, 3.05) is 7.05 Å². The van der Waals surface area contributed by atoms with Gasteiger partial charge in [0.05, 0.1) is 0 Å². The van der Waals surface area contributed by atoms with Gasteiger partial charge in [-0.2, -0.15) is 0 Å². The van der Waals surface area contributed by atoms with E-state index in [9.17, 15) is 9.59 Å². The molecule has 0 bridgehead atoms. The van der Waals surface area contributed by atoms with E-state index in [-0.39, 0.29) is 10.8 Å². The molecule has 1 aliphatic heterocycles. The summed E-state index contributed by atoms with van der Waals surface area (Å²) >= 11 is 0. The lowest BCUT2D eigenvalue weighted by Gasteiger charge is -2.62. The van der Waals surface area contributed by atoms with Crippen molar-refractivity contribution in [1.29, 1.82) is 0 Å². The highest BCUT2D eigenvalue weighted by molar-refractivity contribution is 6.02. The number of hydrogen-bond acceptors (Lipinski definition) is 2. The summed E-state index contributed by atoms with van der Waals surface area (Å²) < 4.78 is 0. The first-order valence-electron chi connectivity index (χ1n) is 9.68. The van der Waals surface area contributed by atoms with Crippen LogP contribution in [0.4, 0.5) is 0 Å². The Labute approximate surface area is 145 Å². The summed E-state index contributed by atoms with van der Waals surface area (Å²) in [6.07, 6.45) is 5.84. The van der Waals surface area contributed by atoms with E-state index >= 15 is 0 Å². The summed E-state index contributed by atoms with van der Waals surface area (Å²) in [6, 6.07) is 0.375. The van der Waals surface area contributed by atoms with Crippen LogP contribution in [0.3, 0.4) is 0 Å². The fourth-order valence-corrected chi connectivity index (χ4v) is 7.21. The predicted molar refractivity (Wildman–Crippen MR) is 94.3 cm³/mol. The Morgan fingerprint density at radius 3 is 2.58 bits per heavy atom. The van der Waals surface area contributed by atoms with Gasteiger partial charge in [-0.25, -0.2) is 0 Å². The van der Waals surface area contributed by atoms with Gasteiger partial charge in [0.15, 0.2) is 5.78 Å². The van der Waals surface area contributed by atoms with Gasteiger partial charge in [-0.15, -0.1) is 0 Å². The summed E-state index contributed by atoms with van der Waals surface area (Å²) in [5, 5.41) is 0. The zero-order valence-corrected chi connectivity index (χ0v) is 15.6. The second-order valence-electron chi connectivity index (χ2n) is 9.62. The predicted octanol–water partition coefficient (Wildman–Crippen LogP) is 3.83. The molecule has 1 amide bonds. The molecule has 3 saturated carbocycles. The zero-order valence-electron chi connectivity index (χ0n) is 15.6. The molecular weight excluding hydrogens is 298 g/mol. The first-order valence-corrected chi connectivity index (χ1v) is 9.68. The Bertz CT molecular complexity index is 625. The molecule has 7 atom stereocenters. The highest BCUT2D eigenvalue weighted by Crippen LogP contribution is 2.65. The van der Waals surface area contributed by atoms with Gasteiger partial charge < -0.3 is 4.90 Å². The molecule has 3 aliphatic carbocycles. The summed E-state index contributed by atoms with van der Waals surface area (Å²) in [7, 11) is 2.01. The van der Waals surface area contributed by atoms with Crippen LogP contribution in [0.1, 0.15) is 59.3 Å². The van der Waals surface area contributed by atoms with Crippen molar-refractivity contribution in [2.45, 2.75) is 65.3 Å². The third-order valence-corrected chi connectivity index (χ3v) is 8.63. The highest BCUT2D eigenvalue weighted by atomic mass is 16.2. The molecule has 0 aromatic carbocycles. The van der Waals surface area contributed by atoms with Gasteiger partial charge in [0.1, 0.15) is 0 Å². The van der Waals surface area contributed by atoms with Crippen molar-refractivity contribution in [3.8, 4) is 0 Å². The lowest BCUT2D eigenvalue weighted by Crippen LogP contribution is -2.63. The lowest BCUT2D eigenvalue weighted by molar-refractivity contribution is -0.166. The summed E-state index contributed by atoms with van der Waals surface area (Å²) in [4.78, 5) is 27.0. The largest absolute Gasteiger partial charge is 0.342 e. The van der Waals surface area contributed by atoms with E-state index in [1.165, 1.54) is 0 Å². The molecule has 24 heavy (non-hydrogen) atoms. The quantitative estimate of drug-likeness (QED) is 0.633. The Kier molecular flexibility index (Phi) is 3.38. The van der Waals surface area contributed by atoms with Crippen molar-refractivity contribution < 1.29 is 9.59 Å². The van der Waals surface area contributed by atoms with Gasteiger partial charge in [0.25, 0.3) is 0 Å². The van der Waals surface area contributed by atoms with Crippen molar-refractivity contribution in [3.63, 3.8) is 0 Å². The van der Waals surface area contributed by atoms with Crippen molar-refractivity contribution in [2.24, 2.45) is 34.5 Å². The van der Waals surface area contributed by atoms with Crippen LogP contribution in [0.5, 0.6) is 0 Å². The molecule has 0 radical (unpaired) electrons. The number of nitrogens with zero attached hydrogens (tertiary/aromatic N) is 1. The number of fused-ring (bicyclic) bond motifs is 5. The Balaban J connectivity index is 1.73. The summed E-state index contributed by atoms with van der Waals surface area (Å²) in [5.74, 6) is 2.93. The van der Waals surface area contributed by atoms with Crippen LogP contribution in [0.25, 0.3) is 0 Å². The Morgan fingerprint density at radius 1 is 1.17 bits per heavy atom. The van der Waals surface area contributed by atoms with Gasteiger partial charge in [-0.05, 0) is 66.8 Å². The van der Waals surface area contributed by atoms with E-state index in [2.05, 4.69) is 27.4 Å². The minimum atomic E-state index is -0.175. The fraction of sp³-hybridized carbons (Fsp3) is 0.810. The van der Waals surface area contributed by atoms with Crippen LogP contribution in [0, 0.1) is 34.5 Å². The van der Waals surface area contributed by atoms with Crippen molar-refractivity contribution in [1.82, 2.24) is 4.90 Å². The number of rotatable bonds is 0. The van der Waals surface area contributed by atoms with E-state index < -0.39 is 0 Å². The number of allylic oxidation sites excluding steroid dienone is 1. The second-order valence-corrected chi connectivity index (χ2v) is 9.62. The smallest absolute Gasteiger partial charge is 0.222 e. The molecule has 1 heterocycles. The van der Waals surface area contributed by atoms with Crippen molar-refractivity contribution >= 4 is 11.7 Å². The lowest BCUT2D eigenvalue weighted by atomic mass is 9.45. The van der Waals surface area contributed by atoms with Crippen LogP contribution < -0.4 is 0 Å². The molecule has 0 unspecified atom stereocenters. The standard InChI is InChI=1S/C21H31NO2/c1-12-11-16-20(3,9-7-17(23)22(16)5)14-6-8-21(4)15(18(12)14)10-13(2)19(21)24/h12,14-16,18H,2,6-11H2,1,3-5H3/t12-,14-,15-,16+,18+,20+,21-/m0/s1. The normalized spacial score (nSPS) is 51.2. The van der Waals surface area contributed by atoms with Gasteiger partial charge in [-0.1, -0.05) is 27.4 Å². The van der Waals surface area contributed by atoms with Gasteiger partial charge >= 0.3 is 0 Å². The zero-order chi connectivity index (χ0) is 17.4. The molecule has 0 aromatic rings. The van der Waals surface area contributed by atoms with E-state index in [1.807, 2.05) is 11.9 Å². The van der Waals surface area contributed by atoms with Crippen LogP contribution in [-0.2, 0) is 9.59 Å². The number of likely N-dealkylation sites (tertiary alicyclic amines) is 1. The number of hydrogen-bond donors (Lipinski definition) is 0. The number of carbonyl (C=O) groups excluding carboxylic acids is 2. The average Bonchev–Trinajstić information content (AvgIpc) is 2.77. The monoisotopic (exact) mass is 329 g/mol. The molecule has 132 valence electrons. The molecule has 0 spiro atoms.